The number of hydrogen-bond donors (Lipinski definition) is 0. The van der Waals surface area contributed by atoms with E-state index in [-0.39, 0.29) is 0 Å². The van der Waals surface area contributed by atoms with Gasteiger partial charge in [0, 0.05) is 5.92 Å². The zero-order chi connectivity index (χ0) is 20.6. The van der Waals surface area contributed by atoms with Gasteiger partial charge in [-0.1, -0.05) is 48.6 Å². The standard InChI is InChI=1S/C29H27/c1-15(2)21-11-12-22-17(4)18(5)28-25(29(21)22)14-13-24-23-10-8-9-16(3)26(23)19(6)20(7)27(24)28/h8,10-14,21H,1H2,2-7H3. The highest BCUT2D eigenvalue weighted by Crippen LogP contribution is 2.46. The molecular weight excluding hydrogens is 348 g/mol. The molecule has 143 valence electrons. The van der Waals surface area contributed by atoms with Crippen molar-refractivity contribution < 1.29 is 0 Å². The van der Waals surface area contributed by atoms with E-state index in [0.29, 0.717) is 5.92 Å². The largest absolute Gasteiger partial charge is 0.0992 e. The lowest BCUT2D eigenvalue weighted by molar-refractivity contribution is 1.03. The van der Waals surface area contributed by atoms with E-state index in [2.05, 4.69) is 90.6 Å². The fraction of sp³-hybridized carbons (Fsp3) is 0.241. The van der Waals surface area contributed by atoms with E-state index >= 15 is 0 Å². The maximum absolute atomic E-state index is 4.28. The molecule has 0 fully saturated rings. The summed E-state index contributed by atoms with van der Waals surface area (Å²) in [7, 11) is 0. The van der Waals surface area contributed by atoms with Gasteiger partial charge >= 0.3 is 0 Å². The van der Waals surface area contributed by atoms with Crippen LogP contribution in [0.1, 0.15) is 51.8 Å². The Morgan fingerprint density at radius 3 is 2.10 bits per heavy atom. The van der Waals surface area contributed by atoms with Crippen LogP contribution < -0.4 is 0 Å². The van der Waals surface area contributed by atoms with Gasteiger partial charge in [-0.25, -0.2) is 0 Å². The summed E-state index contributed by atoms with van der Waals surface area (Å²) in [5, 5.41) is 8.26. The maximum Gasteiger partial charge on any atom is 0.0238 e. The first kappa shape index (κ1) is 18.2. The molecule has 1 aliphatic carbocycles. The minimum absolute atomic E-state index is 0.308. The molecule has 0 nitrogen and oxygen atoms in total. The average molecular weight is 376 g/mol. The predicted octanol–water partition coefficient (Wildman–Crippen LogP) is 8.17. The summed E-state index contributed by atoms with van der Waals surface area (Å²) in [4.78, 5) is 0. The smallest absolute Gasteiger partial charge is 0.0238 e. The number of fused-ring (bicyclic) bond motifs is 7. The van der Waals surface area contributed by atoms with Crippen molar-refractivity contribution in [3.63, 3.8) is 0 Å². The Labute approximate surface area is 173 Å². The van der Waals surface area contributed by atoms with Gasteiger partial charge in [-0.05, 0) is 119 Å². The predicted molar refractivity (Wildman–Crippen MR) is 128 cm³/mol. The second-order valence-corrected chi connectivity index (χ2v) is 8.81. The molecule has 4 aromatic rings. The molecule has 1 aliphatic rings. The highest BCUT2D eigenvalue weighted by atomic mass is 14.3. The summed E-state index contributed by atoms with van der Waals surface area (Å²) >= 11 is 0. The van der Waals surface area contributed by atoms with Crippen molar-refractivity contribution in [1.29, 1.82) is 0 Å². The maximum atomic E-state index is 4.28. The van der Waals surface area contributed by atoms with Crippen molar-refractivity contribution in [1.82, 2.24) is 0 Å². The van der Waals surface area contributed by atoms with E-state index in [9.17, 15) is 0 Å². The van der Waals surface area contributed by atoms with Gasteiger partial charge < -0.3 is 0 Å². The van der Waals surface area contributed by atoms with Crippen LogP contribution >= 0.6 is 0 Å². The van der Waals surface area contributed by atoms with Gasteiger partial charge in [-0.2, -0.15) is 0 Å². The summed E-state index contributed by atoms with van der Waals surface area (Å²) < 4.78 is 0. The Morgan fingerprint density at radius 1 is 0.793 bits per heavy atom. The molecule has 0 saturated heterocycles. The molecule has 0 saturated carbocycles. The first-order valence-electron chi connectivity index (χ1n) is 10.5. The van der Waals surface area contributed by atoms with Crippen LogP contribution in [-0.2, 0) is 0 Å². The Bertz CT molecular complexity index is 1410. The molecule has 1 radical (unpaired) electrons. The van der Waals surface area contributed by atoms with Crippen molar-refractivity contribution >= 4 is 38.4 Å². The fourth-order valence-corrected chi connectivity index (χ4v) is 5.51. The van der Waals surface area contributed by atoms with Crippen LogP contribution in [0.4, 0.5) is 0 Å². The molecule has 0 heterocycles. The topological polar surface area (TPSA) is 0 Å². The molecule has 5 rings (SSSR count). The van der Waals surface area contributed by atoms with Crippen LogP contribution in [0, 0.1) is 40.7 Å². The van der Waals surface area contributed by atoms with Crippen molar-refractivity contribution in [3.05, 3.63) is 87.5 Å². The van der Waals surface area contributed by atoms with Crippen LogP contribution in [0.5, 0.6) is 0 Å². The third-order valence-corrected chi connectivity index (χ3v) is 7.22. The van der Waals surface area contributed by atoms with Crippen LogP contribution in [0.2, 0.25) is 0 Å². The number of benzene rings is 4. The van der Waals surface area contributed by atoms with E-state index in [1.165, 1.54) is 76.8 Å². The third kappa shape index (κ3) is 2.26. The number of rotatable bonds is 1. The summed E-state index contributed by atoms with van der Waals surface area (Å²) in [6, 6.07) is 12.4. The van der Waals surface area contributed by atoms with Gasteiger partial charge in [-0.3, -0.25) is 0 Å². The molecule has 1 unspecified atom stereocenters. The molecule has 29 heavy (non-hydrogen) atoms. The monoisotopic (exact) mass is 375 g/mol. The van der Waals surface area contributed by atoms with Crippen LogP contribution in [-0.4, -0.2) is 0 Å². The SMILES string of the molecule is C=C(C)C1C=Cc2c(C)c(C)c3c(ccc4c5cc[c]c(C)c5c(C)c(C)c43)c21. The number of aryl methyl sites for hydroxylation is 4. The first-order valence-corrected chi connectivity index (χ1v) is 10.5. The summed E-state index contributed by atoms with van der Waals surface area (Å²) in [5.41, 5.74) is 10.8. The first-order chi connectivity index (χ1) is 13.8. The third-order valence-electron chi connectivity index (χ3n) is 7.22. The highest BCUT2D eigenvalue weighted by Gasteiger charge is 2.25. The van der Waals surface area contributed by atoms with Crippen LogP contribution in [0.25, 0.3) is 38.4 Å². The Hall–Kier alpha value is -2.86. The fourth-order valence-electron chi connectivity index (χ4n) is 5.51. The van der Waals surface area contributed by atoms with Gasteiger partial charge in [0.15, 0.2) is 0 Å². The van der Waals surface area contributed by atoms with Gasteiger partial charge in [0.05, 0.1) is 0 Å². The number of allylic oxidation sites excluding steroid dienone is 2. The van der Waals surface area contributed by atoms with Crippen molar-refractivity contribution in [2.24, 2.45) is 0 Å². The molecule has 0 bridgehead atoms. The van der Waals surface area contributed by atoms with Gasteiger partial charge in [0.2, 0.25) is 0 Å². The van der Waals surface area contributed by atoms with E-state index in [1.54, 1.807) is 0 Å². The van der Waals surface area contributed by atoms with Gasteiger partial charge in [-0.15, -0.1) is 0 Å². The normalized spacial score (nSPS) is 15.6. The van der Waals surface area contributed by atoms with Crippen LogP contribution in [0.3, 0.4) is 0 Å². The van der Waals surface area contributed by atoms with E-state index in [1.807, 2.05) is 0 Å². The molecule has 4 aromatic carbocycles. The Balaban J connectivity index is 2.08. The molecule has 1 atom stereocenters. The van der Waals surface area contributed by atoms with Gasteiger partial charge in [0.25, 0.3) is 0 Å². The molecule has 0 heteroatoms. The summed E-state index contributed by atoms with van der Waals surface area (Å²) in [6.07, 6.45) is 4.62. The molecule has 0 N–H and O–H groups in total. The molecular formula is C29H27. The second kappa shape index (κ2) is 6.07. The summed E-state index contributed by atoms with van der Waals surface area (Å²) in [6.45, 7) is 17.7. The van der Waals surface area contributed by atoms with E-state index in [4.69, 9.17) is 0 Å². The quantitative estimate of drug-likeness (QED) is 0.232. The average Bonchev–Trinajstić information content (AvgIpc) is 3.15. The molecule has 0 amide bonds. The lowest BCUT2D eigenvalue weighted by Crippen LogP contribution is -2.01. The minimum Gasteiger partial charge on any atom is -0.0992 e. The molecule has 0 spiro atoms. The Kier molecular flexibility index (Phi) is 3.80. The van der Waals surface area contributed by atoms with E-state index in [0.717, 1.165) is 0 Å². The second-order valence-electron chi connectivity index (χ2n) is 8.81. The summed E-state index contributed by atoms with van der Waals surface area (Å²) in [5.74, 6) is 0.308. The zero-order valence-corrected chi connectivity index (χ0v) is 18.2. The zero-order valence-electron chi connectivity index (χ0n) is 18.2. The Morgan fingerprint density at radius 2 is 1.38 bits per heavy atom. The van der Waals surface area contributed by atoms with Crippen molar-refractivity contribution in [2.45, 2.75) is 47.5 Å². The molecule has 0 aromatic heterocycles. The van der Waals surface area contributed by atoms with Gasteiger partial charge in [0.1, 0.15) is 0 Å². The number of hydrogen-bond acceptors (Lipinski definition) is 0. The van der Waals surface area contributed by atoms with Crippen LogP contribution in [0.15, 0.2) is 42.5 Å². The van der Waals surface area contributed by atoms with Crippen molar-refractivity contribution in [2.75, 3.05) is 0 Å². The lowest BCUT2D eigenvalue weighted by atomic mass is 9.81. The lowest BCUT2D eigenvalue weighted by Gasteiger charge is -2.22. The van der Waals surface area contributed by atoms with Crippen molar-refractivity contribution in [3.8, 4) is 0 Å². The highest BCUT2D eigenvalue weighted by molar-refractivity contribution is 6.22. The molecule has 0 aliphatic heterocycles. The van der Waals surface area contributed by atoms with E-state index < -0.39 is 0 Å². The minimum atomic E-state index is 0.308.